The van der Waals surface area contributed by atoms with Gasteiger partial charge in [-0.05, 0) is 118 Å². The minimum atomic E-state index is 0.163. The van der Waals surface area contributed by atoms with Crippen LogP contribution in [0.15, 0.2) is 78.9 Å². The van der Waals surface area contributed by atoms with Crippen molar-refractivity contribution in [2.45, 2.75) is 55.4 Å². The number of nitrogens with zero attached hydrogens (tertiary/aromatic N) is 2. The maximum Gasteiger partial charge on any atom is 0.252 e. The predicted octanol–water partition coefficient (Wildman–Crippen LogP) is 8.24. The maximum absolute atomic E-state index is 2.54. The van der Waals surface area contributed by atoms with Gasteiger partial charge in [-0.25, -0.2) is 0 Å². The molecule has 0 atom stereocenters. The fraction of sp³-hybridized carbons (Fsp3) is 0.211. The Labute approximate surface area is 245 Å². The Morgan fingerprint density at radius 1 is 0.415 bits per heavy atom. The van der Waals surface area contributed by atoms with Crippen LogP contribution in [0.1, 0.15) is 44.5 Å². The first-order chi connectivity index (χ1) is 19.6. The van der Waals surface area contributed by atoms with Crippen LogP contribution in [0, 0.1) is 55.4 Å². The lowest BCUT2D eigenvalue weighted by molar-refractivity contribution is 1.18. The number of aryl methyl sites for hydroxylation is 8. The highest BCUT2D eigenvalue weighted by Gasteiger charge is 2.43. The average molecular weight is 533 g/mol. The minimum absolute atomic E-state index is 0.163. The van der Waals surface area contributed by atoms with Gasteiger partial charge >= 0.3 is 0 Å². The van der Waals surface area contributed by atoms with Crippen LogP contribution in [0.3, 0.4) is 0 Å². The number of rotatable bonds is 2. The summed E-state index contributed by atoms with van der Waals surface area (Å²) in [5, 5.41) is 0. The van der Waals surface area contributed by atoms with Crippen molar-refractivity contribution in [1.29, 1.82) is 0 Å². The lowest BCUT2D eigenvalue weighted by Gasteiger charge is -2.45. The molecule has 202 valence electrons. The van der Waals surface area contributed by atoms with Crippen LogP contribution >= 0.6 is 0 Å². The van der Waals surface area contributed by atoms with Gasteiger partial charge in [0.05, 0.1) is 11.4 Å². The van der Waals surface area contributed by atoms with Crippen LogP contribution in [0.4, 0.5) is 34.1 Å². The fourth-order valence-electron chi connectivity index (χ4n) is 7.71. The Bertz CT molecular complexity index is 1720. The fourth-order valence-corrected chi connectivity index (χ4v) is 7.71. The van der Waals surface area contributed by atoms with E-state index in [-0.39, 0.29) is 6.71 Å². The lowest BCUT2D eigenvalue weighted by atomic mass is 9.33. The molecule has 0 bridgehead atoms. The average Bonchev–Trinajstić information content (AvgIpc) is 2.90. The number of hydrogen-bond acceptors (Lipinski definition) is 2. The van der Waals surface area contributed by atoms with E-state index in [9.17, 15) is 0 Å². The molecule has 0 spiro atoms. The van der Waals surface area contributed by atoms with Gasteiger partial charge in [0.15, 0.2) is 0 Å². The Morgan fingerprint density at radius 2 is 0.805 bits per heavy atom. The molecule has 0 aromatic heterocycles. The van der Waals surface area contributed by atoms with Crippen molar-refractivity contribution in [2.24, 2.45) is 0 Å². The van der Waals surface area contributed by atoms with E-state index in [0.29, 0.717) is 0 Å². The van der Waals surface area contributed by atoms with Crippen molar-refractivity contribution >= 4 is 57.2 Å². The van der Waals surface area contributed by atoms with Gasteiger partial charge in [0, 0.05) is 22.7 Å². The molecule has 0 saturated carbocycles. The normalized spacial score (nSPS) is 13.2. The predicted molar refractivity (Wildman–Crippen MR) is 178 cm³/mol. The quantitative estimate of drug-likeness (QED) is 0.207. The van der Waals surface area contributed by atoms with Gasteiger partial charge in [-0.3, -0.25) is 0 Å². The molecule has 0 fully saturated rings. The Hall–Kier alpha value is -4.24. The minimum Gasteiger partial charge on any atom is -0.311 e. The monoisotopic (exact) mass is 532 g/mol. The first-order valence-electron chi connectivity index (χ1n) is 14.7. The molecule has 2 aliphatic rings. The van der Waals surface area contributed by atoms with E-state index in [1.54, 1.807) is 0 Å². The summed E-state index contributed by atoms with van der Waals surface area (Å²) in [6.07, 6.45) is 0. The van der Waals surface area contributed by atoms with Gasteiger partial charge in [-0.1, -0.05) is 76.9 Å². The number of fused-ring (bicyclic) bond motifs is 4. The van der Waals surface area contributed by atoms with E-state index in [4.69, 9.17) is 0 Å². The van der Waals surface area contributed by atoms with Gasteiger partial charge in [0.2, 0.25) is 0 Å². The summed E-state index contributed by atoms with van der Waals surface area (Å²) < 4.78 is 0. The Balaban J connectivity index is 1.62. The van der Waals surface area contributed by atoms with Crippen LogP contribution in [0.5, 0.6) is 0 Å². The molecule has 0 amide bonds. The standard InChI is InChI=1S/C38H37BN2/c1-22-12-14-32-30(20-22)39-31-21-23(2)13-15-33(31)41(38-28(7)18-25(4)19-29(38)8)35-11-9-10-34(36(35)39)40(32)37-26(5)16-24(3)17-27(37)6/h9-21H,1-8H3. The van der Waals surface area contributed by atoms with E-state index in [1.165, 1.54) is 95.0 Å². The van der Waals surface area contributed by atoms with Crippen molar-refractivity contribution in [3.63, 3.8) is 0 Å². The summed E-state index contributed by atoms with van der Waals surface area (Å²) in [5.74, 6) is 0. The van der Waals surface area contributed by atoms with Gasteiger partial charge in [0.25, 0.3) is 6.71 Å². The van der Waals surface area contributed by atoms with Crippen LogP contribution in [-0.2, 0) is 0 Å². The highest BCUT2D eigenvalue weighted by molar-refractivity contribution is 7.00. The summed E-state index contributed by atoms with van der Waals surface area (Å²) >= 11 is 0. The summed E-state index contributed by atoms with van der Waals surface area (Å²) in [7, 11) is 0. The molecule has 0 saturated heterocycles. The van der Waals surface area contributed by atoms with Crippen LogP contribution in [0.2, 0.25) is 0 Å². The second-order valence-electron chi connectivity index (χ2n) is 12.4. The summed E-state index contributed by atoms with van der Waals surface area (Å²) in [6, 6.07) is 30.3. The SMILES string of the molecule is Cc1cc(C)c(N2c3ccc(C)cc3B3c4cc(C)ccc4N(c4c(C)cc(C)cc4C)c4cccc2c43)c(C)c1. The number of hydrogen-bond donors (Lipinski definition) is 0. The molecule has 0 unspecified atom stereocenters. The van der Waals surface area contributed by atoms with Crippen molar-refractivity contribution < 1.29 is 0 Å². The highest BCUT2D eigenvalue weighted by Crippen LogP contribution is 2.46. The molecule has 41 heavy (non-hydrogen) atoms. The molecule has 7 rings (SSSR count). The topological polar surface area (TPSA) is 6.48 Å². The second kappa shape index (κ2) is 9.14. The summed E-state index contributed by atoms with van der Waals surface area (Å²) in [5.41, 5.74) is 22.3. The van der Waals surface area contributed by atoms with E-state index < -0.39 is 0 Å². The van der Waals surface area contributed by atoms with E-state index >= 15 is 0 Å². The molecule has 3 heteroatoms. The van der Waals surface area contributed by atoms with Gasteiger partial charge < -0.3 is 9.80 Å². The summed E-state index contributed by atoms with van der Waals surface area (Å²) in [4.78, 5) is 5.09. The van der Waals surface area contributed by atoms with Crippen LogP contribution in [0.25, 0.3) is 0 Å². The zero-order valence-electron chi connectivity index (χ0n) is 25.5. The van der Waals surface area contributed by atoms with Gasteiger partial charge in [0.1, 0.15) is 0 Å². The molecular formula is C38H37BN2. The third-order valence-electron chi connectivity index (χ3n) is 9.02. The largest absolute Gasteiger partial charge is 0.311 e. The molecule has 0 radical (unpaired) electrons. The van der Waals surface area contributed by atoms with Crippen LogP contribution < -0.4 is 26.2 Å². The van der Waals surface area contributed by atoms with Crippen molar-refractivity contribution in [1.82, 2.24) is 0 Å². The molecule has 2 nitrogen and oxygen atoms in total. The van der Waals surface area contributed by atoms with Crippen molar-refractivity contribution in [3.05, 3.63) is 123 Å². The Kier molecular flexibility index (Phi) is 5.73. The van der Waals surface area contributed by atoms with Gasteiger partial charge in [-0.2, -0.15) is 0 Å². The number of anilines is 6. The smallest absolute Gasteiger partial charge is 0.252 e. The van der Waals surface area contributed by atoms with Crippen molar-refractivity contribution in [3.8, 4) is 0 Å². The van der Waals surface area contributed by atoms with E-state index in [0.717, 1.165) is 0 Å². The number of benzene rings is 5. The second-order valence-corrected chi connectivity index (χ2v) is 12.4. The molecule has 5 aromatic rings. The maximum atomic E-state index is 2.54. The highest BCUT2D eigenvalue weighted by atomic mass is 15.2. The third-order valence-corrected chi connectivity index (χ3v) is 9.02. The molecule has 2 aliphatic heterocycles. The lowest BCUT2D eigenvalue weighted by Crippen LogP contribution is -2.61. The first kappa shape index (κ1) is 25.7. The molecule has 5 aromatic carbocycles. The van der Waals surface area contributed by atoms with E-state index in [2.05, 4.69) is 144 Å². The zero-order valence-corrected chi connectivity index (χ0v) is 25.5. The van der Waals surface area contributed by atoms with E-state index in [1.807, 2.05) is 0 Å². The molecule has 2 heterocycles. The zero-order chi connectivity index (χ0) is 28.7. The Morgan fingerprint density at radius 3 is 1.20 bits per heavy atom. The molecule has 0 N–H and O–H groups in total. The molecular weight excluding hydrogens is 495 g/mol. The molecule has 0 aliphatic carbocycles. The van der Waals surface area contributed by atoms with Gasteiger partial charge in [-0.15, -0.1) is 0 Å². The van der Waals surface area contributed by atoms with Crippen LogP contribution in [-0.4, -0.2) is 6.71 Å². The summed E-state index contributed by atoms with van der Waals surface area (Å²) in [6.45, 7) is 18.0. The first-order valence-corrected chi connectivity index (χ1v) is 14.7. The third kappa shape index (κ3) is 3.79. The van der Waals surface area contributed by atoms with Crippen molar-refractivity contribution in [2.75, 3.05) is 9.80 Å².